The van der Waals surface area contributed by atoms with Gasteiger partial charge >= 0.3 is 6.18 Å². The van der Waals surface area contributed by atoms with E-state index < -0.39 is 24.0 Å². The average Bonchev–Trinajstić information content (AvgIpc) is 2.74. The molecule has 0 aliphatic rings. The van der Waals surface area contributed by atoms with Crippen molar-refractivity contribution in [2.75, 3.05) is 0 Å². The van der Waals surface area contributed by atoms with E-state index in [1.807, 2.05) is 0 Å². The third-order valence-corrected chi connectivity index (χ3v) is 4.22. The van der Waals surface area contributed by atoms with Crippen LogP contribution in [0.5, 0.6) is 0 Å². The van der Waals surface area contributed by atoms with Gasteiger partial charge in [0.25, 0.3) is 5.56 Å². The van der Waals surface area contributed by atoms with Crippen molar-refractivity contribution in [3.63, 3.8) is 0 Å². The molecule has 126 valence electrons. The van der Waals surface area contributed by atoms with E-state index in [1.165, 1.54) is 6.20 Å². The standard InChI is InChI=1S/C14H11ClF3N5O/c1-7-10-8(12(15)22(7)2)5-21-23(13(10)24)6-9-11(14(16,17)18)20-4-3-19-9/h3-5H,6H2,1-2H3. The summed E-state index contributed by atoms with van der Waals surface area (Å²) in [6, 6.07) is 0. The summed E-state index contributed by atoms with van der Waals surface area (Å²) < 4.78 is 41.5. The topological polar surface area (TPSA) is 65.6 Å². The molecule has 0 unspecified atom stereocenters. The highest BCUT2D eigenvalue weighted by atomic mass is 35.5. The van der Waals surface area contributed by atoms with Gasteiger partial charge in [0.05, 0.1) is 23.8 Å². The van der Waals surface area contributed by atoms with Crippen LogP contribution in [-0.2, 0) is 19.8 Å². The zero-order valence-electron chi connectivity index (χ0n) is 12.6. The van der Waals surface area contributed by atoms with Gasteiger partial charge in [-0.25, -0.2) is 9.67 Å². The van der Waals surface area contributed by atoms with Crippen molar-refractivity contribution in [1.82, 2.24) is 24.3 Å². The number of halogens is 4. The summed E-state index contributed by atoms with van der Waals surface area (Å²) >= 11 is 6.12. The quantitative estimate of drug-likeness (QED) is 0.707. The van der Waals surface area contributed by atoms with Crippen molar-refractivity contribution in [3.05, 3.63) is 51.2 Å². The Morgan fingerprint density at radius 2 is 1.92 bits per heavy atom. The number of hydrogen-bond acceptors (Lipinski definition) is 4. The summed E-state index contributed by atoms with van der Waals surface area (Å²) in [5, 5.41) is 5.02. The molecule has 6 nitrogen and oxygen atoms in total. The minimum absolute atomic E-state index is 0.315. The lowest BCUT2D eigenvalue weighted by Crippen LogP contribution is -2.26. The third-order valence-electron chi connectivity index (χ3n) is 3.77. The summed E-state index contributed by atoms with van der Waals surface area (Å²) in [6.45, 7) is 1.26. The van der Waals surface area contributed by atoms with Gasteiger partial charge in [0, 0.05) is 30.5 Å². The predicted molar refractivity (Wildman–Crippen MR) is 80.9 cm³/mol. The van der Waals surface area contributed by atoms with Crippen LogP contribution >= 0.6 is 11.6 Å². The normalized spacial score (nSPS) is 12.1. The molecule has 0 aliphatic carbocycles. The summed E-state index contributed by atoms with van der Waals surface area (Å²) in [4.78, 5) is 19.6. The second-order valence-corrected chi connectivity index (χ2v) is 5.54. The molecule has 0 spiro atoms. The van der Waals surface area contributed by atoms with Crippen LogP contribution in [0.4, 0.5) is 13.2 Å². The Morgan fingerprint density at radius 3 is 2.58 bits per heavy atom. The molecule has 0 N–H and O–H groups in total. The van der Waals surface area contributed by atoms with E-state index in [4.69, 9.17) is 11.6 Å². The van der Waals surface area contributed by atoms with Gasteiger partial charge in [0.2, 0.25) is 0 Å². The van der Waals surface area contributed by atoms with E-state index in [0.717, 1.165) is 17.1 Å². The maximum absolute atomic E-state index is 13.0. The first kappa shape index (κ1) is 16.4. The van der Waals surface area contributed by atoms with E-state index in [1.54, 1.807) is 18.5 Å². The Kier molecular flexibility index (Phi) is 3.83. The molecule has 0 radical (unpaired) electrons. The fourth-order valence-corrected chi connectivity index (χ4v) is 2.73. The number of fused-ring (bicyclic) bond motifs is 1. The molecule has 0 fully saturated rings. The minimum atomic E-state index is -4.66. The molecule has 3 rings (SSSR count). The molecule has 0 aliphatic heterocycles. The summed E-state index contributed by atoms with van der Waals surface area (Å²) in [7, 11) is 1.69. The van der Waals surface area contributed by atoms with E-state index >= 15 is 0 Å². The number of nitrogens with zero attached hydrogens (tertiary/aromatic N) is 5. The van der Waals surface area contributed by atoms with Gasteiger partial charge in [-0.1, -0.05) is 11.6 Å². The second-order valence-electron chi connectivity index (χ2n) is 5.18. The summed E-state index contributed by atoms with van der Waals surface area (Å²) in [6.07, 6.45) is -1.22. The molecular weight excluding hydrogens is 347 g/mol. The first-order chi connectivity index (χ1) is 11.2. The van der Waals surface area contributed by atoms with Crippen molar-refractivity contribution < 1.29 is 13.2 Å². The van der Waals surface area contributed by atoms with Crippen LogP contribution in [0.25, 0.3) is 10.8 Å². The van der Waals surface area contributed by atoms with Gasteiger partial charge in [0.1, 0.15) is 5.15 Å². The number of aromatic nitrogens is 5. The van der Waals surface area contributed by atoms with Crippen LogP contribution in [0, 0.1) is 6.92 Å². The lowest BCUT2D eigenvalue weighted by atomic mass is 10.2. The number of aryl methyl sites for hydroxylation is 1. The SMILES string of the molecule is Cc1c2c(=O)n(Cc3nccnc3C(F)(F)F)ncc2c(Cl)n1C. The Labute approximate surface area is 138 Å². The molecule has 0 aromatic carbocycles. The zero-order chi connectivity index (χ0) is 17.6. The summed E-state index contributed by atoms with van der Waals surface area (Å²) in [5.74, 6) is 0. The molecule has 0 atom stereocenters. The van der Waals surface area contributed by atoms with Gasteiger partial charge < -0.3 is 4.57 Å². The first-order valence-electron chi connectivity index (χ1n) is 6.79. The van der Waals surface area contributed by atoms with Crippen LogP contribution in [0.1, 0.15) is 17.1 Å². The van der Waals surface area contributed by atoms with Crippen LogP contribution in [0.3, 0.4) is 0 Å². The molecule has 3 aromatic rings. The molecule has 10 heteroatoms. The highest BCUT2D eigenvalue weighted by molar-refractivity contribution is 6.34. The Morgan fingerprint density at radius 1 is 1.25 bits per heavy atom. The average molecular weight is 358 g/mol. The fourth-order valence-electron chi connectivity index (χ4n) is 2.46. The molecule has 0 saturated carbocycles. The maximum Gasteiger partial charge on any atom is 0.435 e. The molecule has 24 heavy (non-hydrogen) atoms. The van der Waals surface area contributed by atoms with Gasteiger partial charge in [-0.05, 0) is 6.92 Å². The lowest BCUT2D eigenvalue weighted by molar-refractivity contribution is -0.142. The molecule has 0 bridgehead atoms. The number of rotatable bonds is 2. The molecule has 3 aromatic heterocycles. The number of hydrogen-bond donors (Lipinski definition) is 0. The highest BCUT2D eigenvalue weighted by Crippen LogP contribution is 2.29. The van der Waals surface area contributed by atoms with Crippen LogP contribution < -0.4 is 5.56 Å². The first-order valence-corrected chi connectivity index (χ1v) is 7.17. The van der Waals surface area contributed by atoms with Crippen LogP contribution in [0.15, 0.2) is 23.4 Å². The highest BCUT2D eigenvalue weighted by Gasteiger charge is 2.36. The minimum Gasteiger partial charge on any atom is -0.338 e. The monoisotopic (exact) mass is 357 g/mol. The van der Waals surface area contributed by atoms with E-state index in [2.05, 4.69) is 15.1 Å². The zero-order valence-corrected chi connectivity index (χ0v) is 13.4. The van der Waals surface area contributed by atoms with Crippen molar-refractivity contribution in [3.8, 4) is 0 Å². The van der Waals surface area contributed by atoms with E-state index in [9.17, 15) is 18.0 Å². The van der Waals surface area contributed by atoms with Crippen molar-refractivity contribution in [2.45, 2.75) is 19.6 Å². The lowest BCUT2D eigenvalue weighted by Gasteiger charge is -2.11. The van der Waals surface area contributed by atoms with E-state index in [0.29, 0.717) is 21.6 Å². The van der Waals surface area contributed by atoms with Gasteiger partial charge in [-0.15, -0.1) is 0 Å². The van der Waals surface area contributed by atoms with Crippen molar-refractivity contribution in [2.24, 2.45) is 7.05 Å². The smallest absolute Gasteiger partial charge is 0.338 e. The number of alkyl halides is 3. The second kappa shape index (κ2) is 5.59. The van der Waals surface area contributed by atoms with E-state index in [-0.39, 0.29) is 5.69 Å². The molecule has 0 amide bonds. The van der Waals surface area contributed by atoms with Gasteiger partial charge in [0.15, 0.2) is 5.69 Å². The van der Waals surface area contributed by atoms with Gasteiger partial charge in [-0.2, -0.15) is 18.3 Å². The fraction of sp³-hybridized carbons (Fsp3) is 0.286. The Hall–Kier alpha value is -2.42. The molecular formula is C14H11ClF3N5O. The maximum atomic E-state index is 13.0. The largest absolute Gasteiger partial charge is 0.435 e. The summed E-state index contributed by atoms with van der Waals surface area (Å²) in [5.41, 5.74) is -1.45. The van der Waals surface area contributed by atoms with Crippen molar-refractivity contribution in [1.29, 1.82) is 0 Å². The molecule has 3 heterocycles. The molecule has 0 saturated heterocycles. The van der Waals surface area contributed by atoms with Crippen LogP contribution in [-0.4, -0.2) is 24.3 Å². The predicted octanol–water partition coefficient (Wildman–Crippen LogP) is 2.55. The third kappa shape index (κ3) is 2.54. The van der Waals surface area contributed by atoms with Crippen LogP contribution in [0.2, 0.25) is 5.15 Å². The van der Waals surface area contributed by atoms with Crippen molar-refractivity contribution >= 4 is 22.4 Å². The Balaban J connectivity index is 2.15. The Bertz CT molecular complexity index is 992. The van der Waals surface area contributed by atoms with Gasteiger partial charge in [-0.3, -0.25) is 9.78 Å².